The Hall–Kier alpha value is -0.730. The van der Waals surface area contributed by atoms with Gasteiger partial charge in [-0.15, -0.1) is 0 Å². The lowest BCUT2D eigenvalue weighted by atomic mass is 10.0. The second-order valence-corrected chi connectivity index (χ2v) is 3.19. The lowest BCUT2D eigenvalue weighted by Crippen LogP contribution is -2.68. The van der Waals surface area contributed by atoms with Crippen molar-refractivity contribution in [2.24, 2.45) is 0 Å². The predicted molar refractivity (Wildman–Crippen MR) is 42.7 cm³/mol. The molecular formula is C7H13NO6. The lowest BCUT2D eigenvalue weighted by molar-refractivity contribution is -0.331. The fourth-order valence-corrected chi connectivity index (χ4v) is 1.20. The Kier molecular flexibility index (Phi) is 3.07. The molecule has 1 saturated heterocycles. The highest BCUT2D eigenvalue weighted by Crippen LogP contribution is 2.21. The largest absolute Gasteiger partial charge is 0.388 e. The maximum Gasteiger partial charge on any atom is 0.279 e. The van der Waals surface area contributed by atoms with Gasteiger partial charge >= 0.3 is 0 Å². The van der Waals surface area contributed by atoms with Crippen molar-refractivity contribution in [2.75, 3.05) is 6.61 Å². The van der Waals surface area contributed by atoms with E-state index in [9.17, 15) is 20.1 Å². The summed E-state index contributed by atoms with van der Waals surface area (Å²) in [6, 6.07) is 0. The number of aliphatic hydroxyl groups is 4. The molecule has 1 heterocycles. The number of aliphatic hydroxyl groups excluding tert-OH is 3. The van der Waals surface area contributed by atoms with E-state index in [1.54, 1.807) is 0 Å². The number of amides is 1. The van der Waals surface area contributed by atoms with Crippen molar-refractivity contribution >= 4 is 5.91 Å². The molecule has 1 rings (SSSR count). The quantitative estimate of drug-likeness (QED) is 0.290. The van der Waals surface area contributed by atoms with Crippen LogP contribution in [0, 0.1) is 0 Å². The van der Waals surface area contributed by atoms with Crippen LogP contribution in [0.5, 0.6) is 0 Å². The first-order chi connectivity index (χ1) is 6.37. The summed E-state index contributed by atoms with van der Waals surface area (Å²) >= 11 is 0. The molecule has 14 heavy (non-hydrogen) atoms. The Labute approximate surface area is 79.9 Å². The van der Waals surface area contributed by atoms with E-state index in [0.29, 0.717) is 0 Å². The standard InChI is InChI=1S/C7H13NO6/c1-3(9)8-7(13)6(12)5(11)4(10)2-14-7/h4-6,10-13H,2H2,1H3,(H,8,9)/t4-,5+,6-,7?/m1/s1. The van der Waals surface area contributed by atoms with Gasteiger partial charge in [0, 0.05) is 6.92 Å². The summed E-state index contributed by atoms with van der Waals surface area (Å²) in [6.45, 7) is 0.737. The monoisotopic (exact) mass is 207 g/mol. The van der Waals surface area contributed by atoms with Crippen LogP contribution < -0.4 is 5.32 Å². The Balaban J connectivity index is 2.74. The van der Waals surface area contributed by atoms with Crippen molar-refractivity contribution in [1.29, 1.82) is 0 Å². The molecule has 0 radical (unpaired) electrons. The fraction of sp³-hybridized carbons (Fsp3) is 0.857. The van der Waals surface area contributed by atoms with Gasteiger partial charge in [-0.3, -0.25) is 4.79 Å². The van der Waals surface area contributed by atoms with Gasteiger partial charge in [0.05, 0.1) is 6.61 Å². The van der Waals surface area contributed by atoms with Crippen molar-refractivity contribution in [3.63, 3.8) is 0 Å². The zero-order valence-corrected chi connectivity index (χ0v) is 7.54. The topological polar surface area (TPSA) is 119 Å². The summed E-state index contributed by atoms with van der Waals surface area (Å²) in [5.74, 6) is -2.97. The third-order valence-electron chi connectivity index (χ3n) is 1.95. The van der Waals surface area contributed by atoms with Gasteiger partial charge in [-0.2, -0.15) is 0 Å². The first-order valence-electron chi connectivity index (χ1n) is 4.06. The number of hydrogen-bond donors (Lipinski definition) is 5. The second kappa shape index (κ2) is 3.79. The number of carbonyl (C=O) groups is 1. The van der Waals surface area contributed by atoms with Gasteiger partial charge in [0.1, 0.15) is 12.2 Å². The van der Waals surface area contributed by atoms with Gasteiger partial charge < -0.3 is 30.5 Å². The highest BCUT2D eigenvalue weighted by atomic mass is 16.7. The Morgan fingerprint density at radius 2 is 2.07 bits per heavy atom. The van der Waals surface area contributed by atoms with Crippen molar-refractivity contribution in [3.05, 3.63) is 0 Å². The predicted octanol–water partition coefficient (Wildman–Crippen LogP) is -3.12. The molecule has 0 bridgehead atoms. The fourth-order valence-electron chi connectivity index (χ4n) is 1.20. The molecule has 1 aliphatic rings. The van der Waals surface area contributed by atoms with Crippen LogP contribution in [-0.4, -0.2) is 57.2 Å². The minimum Gasteiger partial charge on any atom is -0.388 e. The highest BCUT2D eigenvalue weighted by molar-refractivity contribution is 5.73. The van der Waals surface area contributed by atoms with Gasteiger partial charge in [-0.1, -0.05) is 0 Å². The highest BCUT2D eigenvalue weighted by Gasteiger charge is 2.49. The Morgan fingerprint density at radius 1 is 1.50 bits per heavy atom. The molecule has 0 aromatic carbocycles. The Bertz CT molecular complexity index is 234. The maximum absolute atomic E-state index is 10.6. The summed E-state index contributed by atoms with van der Waals surface area (Å²) in [5, 5.41) is 39.0. The number of hydrogen-bond acceptors (Lipinski definition) is 6. The summed E-state index contributed by atoms with van der Waals surface area (Å²) in [4.78, 5) is 10.6. The van der Waals surface area contributed by atoms with Crippen LogP contribution in [0.2, 0.25) is 0 Å². The minimum absolute atomic E-state index is 0.380. The Morgan fingerprint density at radius 3 is 2.57 bits per heavy atom. The minimum atomic E-state index is -2.34. The van der Waals surface area contributed by atoms with Gasteiger partial charge in [-0.05, 0) is 0 Å². The van der Waals surface area contributed by atoms with Crippen LogP contribution in [0.1, 0.15) is 6.92 Å². The van der Waals surface area contributed by atoms with Crippen molar-refractivity contribution < 1.29 is 30.0 Å². The summed E-state index contributed by atoms with van der Waals surface area (Å²) in [7, 11) is 0. The number of ether oxygens (including phenoxy) is 1. The van der Waals surface area contributed by atoms with E-state index in [0.717, 1.165) is 6.92 Å². The van der Waals surface area contributed by atoms with Gasteiger partial charge in [0.15, 0.2) is 6.10 Å². The van der Waals surface area contributed by atoms with Crippen LogP contribution in [0.3, 0.4) is 0 Å². The van der Waals surface area contributed by atoms with Crippen molar-refractivity contribution in [1.82, 2.24) is 5.32 Å². The first-order valence-corrected chi connectivity index (χ1v) is 4.06. The second-order valence-electron chi connectivity index (χ2n) is 3.19. The SMILES string of the molecule is CC(=O)NC1(O)OC[C@@H](O)[C@H](O)[C@H]1O. The molecule has 1 fully saturated rings. The zero-order valence-electron chi connectivity index (χ0n) is 7.54. The molecule has 0 aliphatic carbocycles. The van der Waals surface area contributed by atoms with E-state index in [2.05, 4.69) is 4.74 Å². The van der Waals surface area contributed by atoms with Crippen LogP contribution in [0.25, 0.3) is 0 Å². The van der Waals surface area contributed by atoms with Crippen LogP contribution in [0.4, 0.5) is 0 Å². The molecule has 0 aromatic heterocycles. The van der Waals surface area contributed by atoms with E-state index in [-0.39, 0.29) is 6.61 Å². The van der Waals surface area contributed by atoms with Gasteiger partial charge in [-0.25, -0.2) is 0 Å². The van der Waals surface area contributed by atoms with Gasteiger partial charge in [0.25, 0.3) is 5.91 Å². The normalized spacial score (nSPS) is 43.4. The third-order valence-corrected chi connectivity index (χ3v) is 1.95. The molecular weight excluding hydrogens is 194 g/mol. The molecule has 1 unspecified atom stereocenters. The molecule has 4 atom stereocenters. The molecule has 7 heteroatoms. The van der Waals surface area contributed by atoms with Gasteiger partial charge in [0.2, 0.25) is 5.91 Å². The number of carbonyl (C=O) groups excluding carboxylic acids is 1. The summed E-state index contributed by atoms with van der Waals surface area (Å²) in [5.41, 5.74) is 0. The number of rotatable bonds is 1. The average molecular weight is 207 g/mol. The maximum atomic E-state index is 10.6. The molecule has 7 nitrogen and oxygen atoms in total. The van der Waals surface area contributed by atoms with Crippen LogP contribution in [-0.2, 0) is 9.53 Å². The van der Waals surface area contributed by atoms with Crippen molar-refractivity contribution in [2.45, 2.75) is 31.1 Å². The third kappa shape index (κ3) is 2.02. The van der Waals surface area contributed by atoms with E-state index in [1.165, 1.54) is 0 Å². The van der Waals surface area contributed by atoms with E-state index >= 15 is 0 Å². The molecule has 1 amide bonds. The molecule has 0 spiro atoms. The van der Waals surface area contributed by atoms with Crippen LogP contribution in [0.15, 0.2) is 0 Å². The molecule has 1 aliphatic heterocycles. The summed E-state index contributed by atoms with van der Waals surface area (Å²) < 4.78 is 4.63. The smallest absolute Gasteiger partial charge is 0.279 e. The van der Waals surface area contributed by atoms with Crippen molar-refractivity contribution in [3.8, 4) is 0 Å². The molecule has 0 aromatic rings. The van der Waals surface area contributed by atoms with Crippen LogP contribution >= 0.6 is 0 Å². The average Bonchev–Trinajstić information content (AvgIpc) is 2.08. The molecule has 0 saturated carbocycles. The zero-order chi connectivity index (χ0) is 10.9. The van der Waals surface area contributed by atoms with E-state index in [4.69, 9.17) is 5.11 Å². The van der Waals surface area contributed by atoms with E-state index in [1.807, 2.05) is 5.32 Å². The number of nitrogens with one attached hydrogen (secondary N) is 1. The molecule has 82 valence electrons. The molecule has 5 N–H and O–H groups in total. The first kappa shape index (κ1) is 11.3. The van der Waals surface area contributed by atoms with E-state index < -0.39 is 30.1 Å². The summed E-state index contributed by atoms with van der Waals surface area (Å²) in [6.07, 6.45) is -4.66. The lowest BCUT2D eigenvalue weighted by Gasteiger charge is -2.41.